The molecule has 0 saturated carbocycles. The van der Waals surface area contributed by atoms with Crippen molar-refractivity contribution in [1.29, 1.82) is 0 Å². The van der Waals surface area contributed by atoms with E-state index in [2.05, 4.69) is 54.0 Å². The van der Waals surface area contributed by atoms with Crippen molar-refractivity contribution in [1.82, 2.24) is 5.32 Å². The molecule has 106 valence electrons. The van der Waals surface area contributed by atoms with Crippen LogP contribution in [0.4, 0.5) is 5.69 Å². The van der Waals surface area contributed by atoms with Gasteiger partial charge in [0, 0.05) is 24.1 Å². The van der Waals surface area contributed by atoms with Crippen molar-refractivity contribution in [2.75, 3.05) is 32.1 Å². The van der Waals surface area contributed by atoms with Crippen molar-refractivity contribution < 1.29 is 4.74 Å². The number of methoxy groups -OCH3 is 1. The number of ether oxygens (including phenoxy) is 1. The first kappa shape index (κ1) is 14.7. The lowest BCUT2D eigenvalue weighted by Crippen LogP contribution is -2.34. The van der Waals surface area contributed by atoms with Gasteiger partial charge in [-0.1, -0.05) is 15.9 Å². The van der Waals surface area contributed by atoms with E-state index in [1.165, 1.54) is 33.3 Å². The molecule has 0 amide bonds. The molecule has 1 fully saturated rings. The number of hydrogen-bond acceptors (Lipinski definition) is 3. The van der Waals surface area contributed by atoms with Crippen molar-refractivity contribution in [3.63, 3.8) is 0 Å². The van der Waals surface area contributed by atoms with Gasteiger partial charge in [-0.2, -0.15) is 0 Å². The lowest BCUT2D eigenvalue weighted by Gasteiger charge is -2.31. The van der Waals surface area contributed by atoms with E-state index in [0.717, 1.165) is 18.8 Å². The SMILES string of the molecule is COc1c(C)c(C)c(Br)c(C)c1N(C)C1CCNC1. The van der Waals surface area contributed by atoms with Crippen LogP contribution < -0.4 is 15.0 Å². The van der Waals surface area contributed by atoms with Gasteiger partial charge in [0.25, 0.3) is 0 Å². The zero-order valence-electron chi connectivity index (χ0n) is 12.4. The number of anilines is 1. The zero-order chi connectivity index (χ0) is 14.2. The summed E-state index contributed by atoms with van der Waals surface area (Å²) in [5.41, 5.74) is 4.95. The van der Waals surface area contributed by atoms with Gasteiger partial charge in [0.15, 0.2) is 0 Å². The van der Waals surface area contributed by atoms with Crippen LogP contribution in [0.3, 0.4) is 0 Å². The van der Waals surface area contributed by atoms with Gasteiger partial charge in [-0.25, -0.2) is 0 Å². The zero-order valence-corrected chi connectivity index (χ0v) is 14.0. The molecule has 1 saturated heterocycles. The molecule has 4 heteroatoms. The largest absolute Gasteiger partial charge is 0.494 e. The topological polar surface area (TPSA) is 24.5 Å². The van der Waals surface area contributed by atoms with Gasteiger partial charge in [0.2, 0.25) is 0 Å². The van der Waals surface area contributed by atoms with Crippen LogP contribution in [0.5, 0.6) is 5.75 Å². The Morgan fingerprint density at radius 1 is 1.21 bits per heavy atom. The van der Waals surface area contributed by atoms with Crippen molar-refractivity contribution in [3.8, 4) is 5.75 Å². The van der Waals surface area contributed by atoms with E-state index in [9.17, 15) is 0 Å². The number of nitrogens with one attached hydrogen (secondary N) is 1. The van der Waals surface area contributed by atoms with Crippen LogP contribution in [-0.2, 0) is 0 Å². The highest BCUT2D eigenvalue weighted by molar-refractivity contribution is 9.10. The van der Waals surface area contributed by atoms with Gasteiger partial charge in [-0.15, -0.1) is 0 Å². The second-order valence-electron chi connectivity index (χ2n) is 5.33. The van der Waals surface area contributed by atoms with Crippen LogP contribution in [-0.4, -0.2) is 33.3 Å². The van der Waals surface area contributed by atoms with Gasteiger partial charge in [0.05, 0.1) is 12.8 Å². The highest BCUT2D eigenvalue weighted by Crippen LogP contribution is 2.42. The highest BCUT2D eigenvalue weighted by Gasteiger charge is 2.26. The van der Waals surface area contributed by atoms with Crippen LogP contribution >= 0.6 is 15.9 Å². The average Bonchev–Trinajstić information content (AvgIpc) is 2.93. The van der Waals surface area contributed by atoms with Gasteiger partial charge < -0.3 is 15.0 Å². The fourth-order valence-electron chi connectivity index (χ4n) is 2.90. The Kier molecular flexibility index (Phi) is 4.41. The van der Waals surface area contributed by atoms with E-state index < -0.39 is 0 Å². The number of halogens is 1. The third-order valence-corrected chi connectivity index (χ3v) is 5.46. The summed E-state index contributed by atoms with van der Waals surface area (Å²) >= 11 is 3.72. The summed E-state index contributed by atoms with van der Waals surface area (Å²) in [5.74, 6) is 1.01. The molecule has 0 aliphatic carbocycles. The van der Waals surface area contributed by atoms with E-state index in [0.29, 0.717) is 6.04 Å². The smallest absolute Gasteiger partial charge is 0.145 e. The Morgan fingerprint density at radius 3 is 2.42 bits per heavy atom. The summed E-state index contributed by atoms with van der Waals surface area (Å²) in [7, 11) is 3.93. The third-order valence-electron chi connectivity index (χ3n) is 4.27. The minimum absolute atomic E-state index is 0.543. The molecule has 1 aliphatic heterocycles. The molecule has 0 aromatic heterocycles. The Balaban J connectivity index is 2.54. The maximum Gasteiger partial charge on any atom is 0.145 e. The van der Waals surface area contributed by atoms with Crippen LogP contribution in [0, 0.1) is 20.8 Å². The van der Waals surface area contributed by atoms with Gasteiger partial charge >= 0.3 is 0 Å². The summed E-state index contributed by atoms with van der Waals surface area (Å²) in [5, 5.41) is 3.43. The quantitative estimate of drug-likeness (QED) is 0.923. The van der Waals surface area contributed by atoms with Gasteiger partial charge in [0.1, 0.15) is 5.75 Å². The van der Waals surface area contributed by atoms with Crippen molar-refractivity contribution in [2.24, 2.45) is 0 Å². The summed E-state index contributed by atoms with van der Waals surface area (Å²) in [6, 6.07) is 0.543. The molecule has 1 aliphatic rings. The maximum atomic E-state index is 5.69. The molecule has 0 radical (unpaired) electrons. The normalized spacial score (nSPS) is 18.7. The predicted molar refractivity (Wildman–Crippen MR) is 84.6 cm³/mol. The molecule has 1 aromatic rings. The van der Waals surface area contributed by atoms with Crippen LogP contribution in [0.2, 0.25) is 0 Å². The summed E-state index contributed by atoms with van der Waals surface area (Å²) in [6.45, 7) is 8.57. The molecule has 2 rings (SSSR count). The number of nitrogens with zero attached hydrogens (tertiary/aromatic N) is 1. The molecule has 1 heterocycles. The highest BCUT2D eigenvalue weighted by atomic mass is 79.9. The molecular weight excluding hydrogens is 304 g/mol. The van der Waals surface area contributed by atoms with Crippen LogP contribution in [0.25, 0.3) is 0 Å². The lowest BCUT2D eigenvalue weighted by atomic mass is 10.0. The Morgan fingerprint density at radius 2 is 1.89 bits per heavy atom. The Labute approximate surface area is 124 Å². The summed E-state index contributed by atoms with van der Waals surface area (Å²) in [6.07, 6.45) is 1.18. The fraction of sp³-hybridized carbons (Fsp3) is 0.600. The van der Waals surface area contributed by atoms with Gasteiger partial charge in [-0.3, -0.25) is 0 Å². The molecule has 0 bridgehead atoms. The second kappa shape index (κ2) is 5.71. The molecule has 1 N–H and O–H groups in total. The van der Waals surface area contributed by atoms with Gasteiger partial charge in [-0.05, 0) is 50.4 Å². The van der Waals surface area contributed by atoms with Crippen molar-refractivity contribution >= 4 is 21.6 Å². The number of rotatable bonds is 3. The summed E-state index contributed by atoms with van der Waals surface area (Å²) < 4.78 is 6.88. The van der Waals surface area contributed by atoms with Crippen LogP contribution in [0.15, 0.2) is 4.47 Å². The van der Waals surface area contributed by atoms with E-state index in [1.54, 1.807) is 7.11 Å². The summed E-state index contributed by atoms with van der Waals surface area (Å²) in [4.78, 5) is 2.37. The maximum absolute atomic E-state index is 5.69. The molecule has 3 nitrogen and oxygen atoms in total. The number of hydrogen-bond donors (Lipinski definition) is 1. The van der Waals surface area contributed by atoms with E-state index in [1.807, 2.05) is 0 Å². The fourth-order valence-corrected chi connectivity index (χ4v) is 3.38. The minimum Gasteiger partial charge on any atom is -0.494 e. The first-order valence-corrected chi connectivity index (χ1v) is 7.55. The van der Waals surface area contributed by atoms with E-state index in [4.69, 9.17) is 4.74 Å². The molecule has 1 atom stereocenters. The predicted octanol–water partition coefficient (Wildman–Crippen LogP) is 3.18. The second-order valence-corrected chi connectivity index (χ2v) is 6.12. The van der Waals surface area contributed by atoms with Crippen molar-refractivity contribution in [2.45, 2.75) is 33.2 Å². The Bertz CT molecular complexity index is 482. The number of likely N-dealkylation sites (N-methyl/N-ethyl adjacent to an activating group) is 1. The lowest BCUT2D eigenvalue weighted by molar-refractivity contribution is 0.409. The third kappa shape index (κ3) is 2.48. The molecule has 1 aromatic carbocycles. The monoisotopic (exact) mass is 326 g/mol. The minimum atomic E-state index is 0.543. The van der Waals surface area contributed by atoms with E-state index in [-0.39, 0.29) is 0 Å². The van der Waals surface area contributed by atoms with E-state index >= 15 is 0 Å². The average molecular weight is 327 g/mol. The molecule has 19 heavy (non-hydrogen) atoms. The number of benzene rings is 1. The first-order chi connectivity index (χ1) is 8.99. The van der Waals surface area contributed by atoms with Crippen LogP contribution in [0.1, 0.15) is 23.1 Å². The van der Waals surface area contributed by atoms with Crippen molar-refractivity contribution in [3.05, 3.63) is 21.2 Å². The molecule has 1 unspecified atom stereocenters. The molecule has 0 spiro atoms. The first-order valence-electron chi connectivity index (χ1n) is 6.75. The molecular formula is C15H23BrN2O. The Hall–Kier alpha value is -0.740. The standard InChI is InChI=1S/C15H23BrN2O/c1-9-10(2)15(19-5)14(11(3)13(9)16)18(4)12-6-7-17-8-12/h12,17H,6-8H2,1-5H3.